The molecule has 0 unspecified atom stereocenters. The van der Waals surface area contributed by atoms with Gasteiger partial charge < -0.3 is 15.5 Å². The number of hydrogen-bond donors (Lipinski definition) is 2. The maximum absolute atomic E-state index is 4.38. The van der Waals surface area contributed by atoms with Crippen LogP contribution in [0.3, 0.4) is 0 Å². The van der Waals surface area contributed by atoms with E-state index in [0.29, 0.717) is 0 Å². The number of aliphatic imine (C=N–C) groups is 1. The minimum absolute atomic E-state index is 0.848. The van der Waals surface area contributed by atoms with Gasteiger partial charge >= 0.3 is 0 Å². The van der Waals surface area contributed by atoms with Gasteiger partial charge in [-0.15, -0.1) is 11.3 Å². The zero-order chi connectivity index (χ0) is 17.9. The van der Waals surface area contributed by atoms with Crippen molar-refractivity contribution in [2.75, 3.05) is 33.7 Å². The van der Waals surface area contributed by atoms with E-state index in [9.17, 15) is 0 Å². The molecule has 0 fully saturated rings. The molecule has 0 saturated heterocycles. The van der Waals surface area contributed by atoms with Crippen molar-refractivity contribution in [3.05, 3.63) is 52.0 Å². The van der Waals surface area contributed by atoms with E-state index in [2.05, 4.69) is 69.8 Å². The van der Waals surface area contributed by atoms with Crippen LogP contribution in [0.2, 0.25) is 0 Å². The molecule has 25 heavy (non-hydrogen) atoms. The standard InChI is InChI=1S/C19H29N5S/c1-16-14-23-18(25-16)10-12-22-19(20-2)21-11-7-13-24(3)15-17-8-5-4-6-9-17/h4-6,8-9,14H,7,10-13,15H2,1-3H3,(H2,20,21,22). The second kappa shape index (κ2) is 10.8. The van der Waals surface area contributed by atoms with Gasteiger partial charge in [-0.05, 0) is 32.5 Å². The third kappa shape index (κ3) is 7.67. The summed E-state index contributed by atoms with van der Waals surface area (Å²) >= 11 is 1.76. The van der Waals surface area contributed by atoms with Crippen molar-refractivity contribution >= 4 is 17.3 Å². The highest BCUT2D eigenvalue weighted by Gasteiger charge is 2.02. The molecule has 0 radical (unpaired) electrons. The van der Waals surface area contributed by atoms with Crippen LogP contribution in [0.4, 0.5) is 0 Å². The summed E-state index contributed by atoms with van der Waals surface area (Å²) in [6.45, 7) is 5.89. The molecular weight excluding hydrogens is 330 g/mol. The monoisotopic (exact) mass is 359 g/mol. The molecule has 0 saturated carbocycles. The van der Waals surface area contributed by atoms with Gasteiger partial charge in [-0.2, -0.15) is 0 Å². The minimum Gasteiger partial charge on any atom is -0.356 e. The van der Waals surface area contributed by atoms with Gasteiger partial charge in [0.05, 0.1) is 5.01 Å². The number of benzene rings is 1. The SMILES string of the molecule is CN=C(NCCCN(C)Cc1ccccc1)NCCc1ncc(C)s1. The summed E-state index contributed by atoms with van der Waals surface area (Å²) in [5, 5.41) is 7.89. The number of aryl methyl sites for hydroxylation is 1. The van der Waals surface area contributed by atoms with Gasteiger partial charge in [0, 0.05) is 44.2 Å². The lowest BCUT2D eigenvalue weighted by Crippen LogP contribution is -2.39. The van der Waals surface area contributed by atoms with Crippen molar-refractivity contribution in [2.24, 2.45) is 4.99 Å². The third-order valence-electron chi connectivity index (χ3n) is 3.83. The van der Waals surface area contributed by atoms with E-state index in [4.69, 9.17) is 0 Å². The highest BCUT2D eigenvalue weighted by atomic mass is 32.1. The average molecular weight is 360 g/mol. The first-order valence-corrected chi connectivity index (χ1v) is 9.57. The molecule has 2 rings (SSSR count). The van der Waals surface area contributed by atoms with Gasteiger partial charge in [-0.25, -0.2) is 4.98 Å². The maximum atomic E-state index is 4.38. The average Bonchev–Trinajstić information content (AvgIpc) is 3.03. The zero-order valence-electron chi connectivity index (χ0n) is 15.5. The summed E-state index contributed by atoms with van der Waals surface area (Å²) in [5.74, 6) is 0.860. The lowest BCUT2D eigenvalue weighted by molar-refractivity contribution is 0.322. The van der Waals surface area contributed by atoms with E-state index in [1.807, 2.05) is 13.2 Å². The Labute approximate surface area is 155 Å². The molecule has 0 aliphatic rings. The minimum atomic E-state index is 0.848. The molecule has 2 N–H and O–H groups in total. The van der Waals surface area contributed by atoms with Crippen LogP contribution >= 0.6 is 11.3 Å². The summed E-state index contributed by atoms with van der Waals surface area (Å²) < 4.78 is 0. The lowest BCUT2D eigenvalue weighted by atomic mass is 10.2. The molecule has 0 amide bonds. The summed E-state index contributed by atoms with van der Waals surface area (Å²) in [4.78, 5) is 12.3. The Morgan fingerprint density at radius 3 is 2.64 bits per heavy atom. The first-order valence-electron chi connectivity index (χ1n) is 8.75. The fourth-order valence-electron chi connectivity index (χ4n) is 2.56. The van der Waals surface area contributed by atoms with Gasteiger partial charge in [0.2, 0.25) is 0 Å². The van der Waals surface area contributed by atoms with Gasteiger partial charge in [0.1, 0.15) is 0 Å². The molecule has 1 aromatic heterocycles. The van der Waals surface area contributed by atoms with Crippen LogP contribution < -0.4 is 10.6 Å². The molecule has 0 bridgehead atoms. The fourth-order valence-corrected chi connectivity index (χ4v) is 3.34. The van der Waals surface area contributed by atoms with Crippen LogP contribution in [0.25, 0.3) is 0 Å². The Bertz CT molecular complexity index is 638. The fraction of sp³-hybridized carbons (Fsp3) is 0.474. The predicted molar refractivity (Wildman–Crippen MR) is 107 cm³/mol. The van der Waals surface area contributed by atoms with E-state index in [1.165, 1.54) is 15.4 Å². The van der Waals surface area contributed by atoms with Crippen LogP contribution in [0.15, 0.2) is 41.5 Å². The summed E-state index contributed by atoms with van der Waals surface area (Å²) in [7, 11) is 3.97. The molecule has 6 heteroatoms. The Kier molecular flexibility index (Phi) is 8.42. The van der Waals surface area contributed by atoms with Crippen molar-refractivity contribution in [2.45, 2.75) is 26.3 Å². The van der Waals surface area contributed by atoms with E-state index in [-0.39, 0.29) is 0 Å². The van der Waals surface area contributed by atoms with Crippen molar-refractivity contribution in [1.82, 2.24) is 20.5 Å². The molecule has 1 heterocycles. The second-order valence-corrected chi connectivity index (χ2v) is 7.44. The van der Waals surface area contributed by atoms with E-state index in [0.717, 1.165) is 45.0 Å². The van der Waals surface area contributed by atoms with Crippen molar-refractivity contribution in [3.63, 3.8) is 0 Å². The molecular formula is C19H29N5S. The van der Waals surface area contributed by atoms with Crippen molar-refractivity contribution in [3.8, 4) is 0 Å². The van der Waals surface area contributed by atoms with Crippen molar-refractivity contribution < 1.29 is 0 Å². The first-order chi connectivity index (χ1) is 12.2. The van der Waals surface area contributed by atoms with E-state index in [1.54, 1.807) is 11.3 Å². The summed E-state index contributed by atoms with van der Waals surface area (Å²) in [5.41, 5.74) is 1.35. The van der Waals surface area contributed by atoms with Crippen molar-refractivity contribution in [1.29, 1.82) is 0 Å². The lowest BCUT2D eigenvalue weighted by Gasteiger charge is -2.17. The highest BCUT2D eigenvalue weighted by Crippen LogP contribution is 2.10. The Balaban J connectivity index is 1.57. The first kappa shape index (κ1) is 19.4. The number of rotatable bonds is 9. The number of aromatic nitrogens is 1. The maximum Gasteiger partial charge on any atom is 0.190 e. The highest BCUT2D eigenvalue weighted by molar-refractivity contribution is 7.11. The number of nitrogens with zero attached hydrogens (tertiary/aromatic N) is 3. The van der Waals surface area contributed by atoms with Gasteiger partial charge in [-0.1, -0.05) is 30.3 Å². The van der Waals surface area contributed by atoms with Gasteiger partial charge in [0.15, 0.2) is 5.96 Å². The Morgan fingerprint density at radius 2 is 1.96 bits per heavy atom. The molecule has 0 aliphatic heterocycles. The van der Waals surface area contributed by atoms with Gasteiger partial charge in [0.25, 0.3) is 0 Å². The smallest absolute Gasteiger partial charge is 0.190 e. The molecule has 2 aromatic rings. The number of hydrogen-bond acceptors (Lipinski definition) is 4. The largest absolute Gasteiger partial charge is 0.356 e. The Morgan fingerprint density at radius 1 is 1.20 bits per heavy atom. The van der Waals surface area contributed by atoms with E-state index < -0.39 is 0 Å². The number of nitrogens with one attached hydrogen (secondary N) is 2. The molecule has 5 nitrogen and oxygen atoms in total. The van der Waals surface area contributed by atoms with Crippen LogP contribution in [-0.4, -0.2) is 49.6 Å². The molecule has 0 aliphatic carbocycles. The summed E-state index contributed by atoms with van der Waals surface area (Å²) in [6.07, 6.45) is 3.94. The number of thiazole rings is 1. The van der Waals surface area contributed by atoms with Gasteiger partial charge in [-0.3, -0.25) is 4.99 Å². The molecule has 0 atom stereocenters. The van der Waals surface area contributed by atoms with Crippen LogP contribution in [0.5, 0.6) is 0 Å². The third-order valence-corrected chi connectivity index (χ3v) is 4.80. The molecule has 0 spiro atoms. The molecule has 1 aromatic carbocycles. The summed E-state index contributed by atoms with van der Waals surface area (Å²) in [6, 6.07) is 10.6. The predicted octanol–water partition coefficient (Wildman–Crippen LogP) is 2.68. The van der Waals surface area contributed by atoms with Crippen LogP contribution in [0.1, 0.15) is 21.9 Å². The topological polar surface area (TPSA) is 52.6 Å². The van der Waals surface area contributed by atoms with Crippen LogP contribution in [0, 0.1) is 6.92 Å². The van der Waals surface area contributed by atoms with Crippen LogP contribution in [-0.2, 0) is 13.0 Å². The Hall–Kier alpha value is -1.92. The quantitative estimate of drug-likeness (QED) is 0.411. The van der Waals surface area contributed by atoms with E-state index >= 15 is 0 Å². The normalized spacial score (nSPS) is 11.8. The zero-order valence-corrected chi connectivity index (χ0v) is 16.3. The second-order valence-electron chi connectivity index (χ2n) is 6.12. The molecule has 136 valence electrons. The number of guanidine groups is 1.